The van der Waals surface area contributed by atoms with Gasteiger partial charge in [-0.25, -0.2) is 0 Å². The van der Waals surface area contributed by atoms with E-state index in [2.05, 4.69) is 17.1 Å². The van der Waals surface area contributed by atoms with Gasteiger partial charge in [-0.15, -0.1) is 0 Å². The molecule has 2 saturated heterocycles. The summed E-state index contributed by atoms with van der Waals surface area (Å²) in [6.07, 6.45) is 3.91. The molecule has 2 aliphatic rings. The number of nitrogens with one attached hydrogen (secondary N) is 1. The van der Waals surface area contributed by atoms with E-state index in [1.807, 2.05) is 23.2 Å². The number of amides is 1. The Labute approximate surface area is 129 Å². The summed E-state index contributed by atoms with van der Waals surface area (Å²) in [5, 5.41) is 1.17. The molecule has 5 nitrogen and oxygen atoms in total. The molecule has 0 bridgehead atoms. The molecule has 1 N–H and O–H groups in total. The van der Waals surface area contributed by atoms with Gasteiger partial charge in [0.2, 0.25) is 5.91 Å². The van der Waals surface area contributed by atoms with Crippen molar-refractivity contribution in [2.24, 2.45) is 0 Å². The third kappa shape index (κ3) is 2.51. The van der Waals surface area contributed by atoms with E-state index in [9.17, 15) is 4.79 Å². The molecule has 0 atom stereocenters. The Hall–Kier alpha value is -1.85. The number of aromatic nitrogens is 1. The first-order chi connectivity index (χ1) is 10.7. The molecule has 1 aromatic heterocycles. The zero-order chi connectivity index (χ0) is 15.0. The SMILES string of the molecule is O=C(Cc1ccc2cc[nH]c2c1)N1CCC2(CC1)OCCO2. The molecule has 1 spiro atoms. The van der Waals surface area contributed by atoms with Crippen molar-refractivity contribution < 1.29 is 14.3 Å². The molecule has 5 heteroatoms. The van der Waals surface area contributed by atoms with Gasteiger partial charge >= 0.3 is 0 Å². The van der Waals surface area contributed by atoms with Crippen molar-refractivity contribution in [2.75, 3.05) is 26.3 Å². The monoisotopic (exact) mass is 300 g/mol. The molecular formula is C17H20N2O3. The second-order valence-electron chi connectivity index (χ2n) is 6.06. The third-order valence-corrected chi connectivity index (χ3v) is 4.67. The molecule has 1 amide bonds. The molecule has 0 unspecified atom stereocenters. The number of likely N-dealkylation sites (tertiary alicyclic amines) is 1. The first-order valence-electron chi connectivity index (χ1n) is 7.86. The Morgan fingerprint density at radius 1 is 1.18 bits per heavy atom. The summed E-state index contributed by atoms with van der Waals surface area (Å²) in [6.45, 7) is 2.77. The highest BCUT2D eigenvalue weighted by molar-refractivity contribution is 5.83. The van der Waals surface area contributed by atoms with Gasteiger partial charge in [0.15, 0.2) is 5.79 Å². The highest BCUT2D eigenvalue weighted by Crippen LogP contribution is 2.31. The molecule has 116 valence electrons. The minimum Gasteiger partial charge on any atom is -0.361 e. The molecule has 3 heterocycles. The van der Waals surface area contributed by atoms with Gasteiger partial charge in [0.05, 0.1) is 19.6 Å². The number of carbonyl (C=O) groups excluding carboxylic acids is 1. The second kappa shape index (κ2) is 5.41. The zero-order valence-electron chi connectivity index (χ0n) is 12.5. The molecule has 1 aromatic carbocycles. The van der Waals surface area contributed by atoms with Gasteiger partial charge in [0.1, 0.15) is 0 Å². The molecule has 4 rings (SSSR count). The fraction of sp³-hybridized carbons (Fsp3) is 0.471. The highest BCUT2D eigenvalue weighted by Gasteiger charge is 2.40. The number of aromatic amines is 1. The van der Waals surface area contributed by atoms with Crippen molar-refractivity contribution >= 4 is 16.8 Å². The highest BCUT2D eigenvalue weighted by atomic mass is 16.7. The average Bonchev–Trinajstić information content (AvgIpc) is 3.17. The van der Waals surface area contributed by atoms with Gasteiger partial charge in [-0.3, -0.25) is 4.79 Å². The Morgan fingerprint density at radius 2 is 1.95 bits per heavy atom. The number of fused-ring (bicyclic) bond motifs is 1. The minimum absolute atomic E-state index is 0.179. The molecule has 0 aliphatic carbocycles. The van der Waals surface area contributed by atoms with Crippen molar-refractivity contribution in [3.63, 3.8) is 0 Å². The van der Waals surface area contributed by atoms with Gasteiger partial charge < -0.3 is 19.4 Å². The van der Waals surface area contributed by atoms with E-state index in [0.717, 1.165) is 23.9 Å². The van der Waals surface area contributed by atoms with Crippen molar-refractivity contribution in [1.29, 1.82) is 0 Å². The maximum absolute atomic E-state index is 12.5. The van der Waals surface area contributed by atoms with Gasteiger partial charge in [-0.05, 0) is 23.1 Å². The van der Waals surface area contributed by atoms with E-state index in [0.29, 0.717) is 32.7 Å². The van der Waals surface area contributed by atoms with Crippen LogP contribution in [0.25, 0.3) is 10.9 Å². The zero-order valence-corrected chi connectivity index (χ0v) is 12.5. The van der Waals surface area contributed by atoms with Crippen LogP contribution in [0.4, 0.5) is 0 Å². The molecule has 22 heavy (non-hydrogen) atoms. The largest absolute Gasteiger partial charge is 0.361 e. The molecule has 2 aliphatic heterocycles. The number of benzene rings is 1. The predicted molar refractivity (Wildman–Crippen MR) is 82.5 cm³/mol. The standard InChI is InChI=1S/C17H20N2O3/c20-16(12-13-1-2-14-3-6-18-15(14)11-13)19-7-4-17(5-8-19)21-9-10-22-17/h1-3,6,11,18H,4-5,7-10,12H2. The fourth-order valence-electron chi connectivity index (χ4n) is 3.37. The summed E-state index contributed by atoms with van der Waals surface area (Å²) in [6, 6.07) is 8.18. The predicted octanol–water partition coefficient (Wildman–Crippen LogP) is 2.08. The lowest BCUT2D eigenvalue weighted by atomic mass is 10.0. The lowest BCUT2D eigenvalue weighted by Gasteiger charge is -2.37. The summed E-state index contributed by atoms with van der Waals surface area (Å²) in [4.78, 5) is 17.6. The normalized spacial score (nSPS) is 20.8. The van der Waals surface area contributed by atoms with Crippen molar-refractivity contribution in [2.45, 2.75) is 25.0 Å². The van der Waals surface area contributed by atoms with Gasteiger partial charge in [-0.1, -0.05) is 12.1 Å². The van der Waals surface area contributed by atoms with Crippen LogP contribution in [-0.2, 0) is 20.7 Å². The van der Waals surface area contributed by atoms with Crippen LogP contribution >= 0.6 is 0 Å². The topological polar surface area (TPSA) is 54.6 Å². The second-order valence-corrected chi connectivity index (χ2v) is 6.06. The third-order valence-electron chi connectivity index (χ3n) is 4.67. The smallest absolute Gasteiger partial charge is 0.226 e. The Balaban J connectivity index is 1.40. The number of piperidine rings is 1. The minimum atomic E-state index is -0.417. The molecule has 0 radical (unpaired) electrons. The fourth-order valence-corrected chi connectivity index (χ4v) is 3.37. The van der Waals surface area contributed by atoms with Crippen LogP contribution in [0.5, 0.6) is 0 Å². The van der Waals surface area contributed by atoms with E-state index in [1.165, 1.54) is 5.39 Å². The first kappa shape index (κ1) is 13.8. The molecule has 0 saturated carbocycles. The lowest BCUT2D eigenvalue weighted by molar-refractivity contribution is -0.187. The number of ether oxygens (including phenoxy) is 2. The van der Waals surface area contributed by atoms with E-state index in [4.69, 9.17) is 9.47 Å². The number of nitrogens with zero attached hydrogens (tertiary/aromatic N) is 1. The number of rotatable bonds is 2. The maximum atomic E-state index is 12.5. The molecule has 2 fully saturated rings. The molecular weight excluding hydrogens is 280 g/mol. The number of carbonyl (C=O) groups is 1. The number of H-pyrrole nitrogens is 1. The van der Waals surface area contributed by atoms with Gasteiger partial charge in [0, 0.05) is 37.6 Å². The first-order valence-corrected chi connectivity index (χ1v) is 7.86. The van der Waals surface area contributed by atoms with Crippen LogP contribution in [0.2, 0.25) is 0 Å². The Bertz CT molecular complexity index is 678. The van der Waals surface area contributed by atoms with Crippen LogP contribution < -0.4 is 0 Å². The summed E-state index contributed by atoms with van der Waals surface area (Å²) in [5.41, 5.74) is 2.13. The van der Waals surface area contributed by atoms with Crippen LogP contribution in [-0.4, -0.2) is 47.9 Å². The van der Waals surface area contributed by atoms with E-state index >= 15 is 0 Å². The Morgan fingerprint density at radius 3 is 2.73 bits per heavy atom. The summed E-state index contributed by atoms with van der Waals surface area (Å²) in [5.74, 6) is -0.237. The van der Waals surface area contributed by atoms with Crippen molar-refractivity contribution in [3.8, 4) is 0 Å². The quantitative estimate of drug-likeness (QED) is 0.924. The Kier molecular flexibility index (Phi) is 3.39. The number of hydrogen-bond acceptors (Lipinski definition) is 3. The van der Waals surface area contributed by atoms with Crippen LogP contribution in [0.1, 0.15) is 18.4 Å². The summed E-state index contributed by atoms with van der Waals surface area (Å²) < 4.78 is 11.4. The van der Waals surface area contributed by atoms with E-state index in [1.54, 1.807) is 0 Å². The lowest BCUT2D eigenvalue weighted by Crippen LogP contribution is -2.47. The van der Waals surface area contributed by atoms with Crippen molar-refractivity contribution in [3.05, 3.63) is 36.0 Å². The molecule has 2 aromatic rings. The van der Waals surface area contributed by atoms with Gasteiger partial charge in [-0.2, -0.15) is 0 Å². The van der Waals surface area contributed by atoms with Crippen molar-refractivity contribution in [1.82, 2.24) is 9.88 Å². The maximum Gasteiger partial charge on any atom is 0.226 e. The van der Waals surface area contributed by atoms with Crippen LogP contribution in [0.15, 0.2) is 30.5 Å². The van der Waals surface area contributed by atoms with Crippen LogP contribution in [0.3, 0.4) is 0 Å². The van der Waals surface area contributed by atoms with Gasteiger partial charge in [0.25, 0.3) is 0 Å². The number of hydrogen-bond donors (Lipinski definition) is 1. The summed E-state index contributed by atoms with van der Waals surface area (Å²) in [7, 11) is 0. The van der Waals surface area contributed by atoms with E-state index < -0.39 is 5.79 Å². The average molecular weight is 300 g/mol. The summed E-state index contributed by atoms with van der Waals surface area (Å²) >= 11 is 0. The van der Waals surface area contributed by atoms with Crippen LogP contribution in [0, 0.1) is 0 Å². The van der Waals surface area contributed by atoms with E-state index in [-0.39, 0.29) is 5.91 Å².